The zero-order chi connectivity index (χ0) is 14.3. The van der Waals surface area contributed by atoms with Crippen molar-refractivity contribution in [1.82, 2.24) is 5.32 Å². The Morgan fingerprint density at radius 2 is 2.10 bits per heavy atom. The third-order valence-electron chi connectivity index (χ3n) is 3.70. The van der Waals surface area contributed by atoms with Gasteiger partial charge in [-0.3, -0.25) is 4.79 Å². The monoisotopic (exact) mass is 293 g/mol. The molecule has 1 aromatic heterocycles. The van der Waals surface area contributed by atoms with E-state index in [9.17, 15) is 19.1 Å². The molecule has 20 heavy (non-hydrogen) atoms. The lowest BCUT2D eigenvalue weighted by Crippen LogP contribution is -2.59. The van der Waals surface area contributed by atoms with Crippen molar-refractivity contribution < 1.29 is 19.1 Å². The van der Waals surface area contributed by atoms with Gasteiger partial charge in [-0.15, -0.1) is 11.3 Å². The molecule has 1 aromatic carbocycles. The van der Waals surface area contributed by atoms with Crippen molar-refractivity contribution >= 4 is 33.3 Å². The number of aliphatic carboxylic acids is 1. The maximum absolute atomic E-state index is 13.6. The Kier molecular flexibility index (Phi) is 2.97. The molecule has 0 unspecified atom stereocenters. The van der Waals surface area contributed by atoms with Crippen LogP contribution >= 0.6 is 11.3 Å². The summed E-state index contributed by atoms with van der Waals surface area (Å²) in [6.07, 6.45) is 1.66. The second-order valence-corrected chi connectivity index (χ2v) is 6.04. The van der Waals surface area contributed by atoms with Crippen LogP contribution in [-0.2, 0) is 4.79 Å². The molecule has 1 aliphatic rings. The third kappa shape index (κ3) is 1.96. The predicted molar refractivity (Wildman–Crippen MR) is 73.5 cm³/mol. The number of thiophene rings is 1. The first-order chi connectivity index (χ1) is 9.52. The standard InChI is InChI=1S/C14H12FNO3S/c15-9-3-1-4-10-8(9)7-11(20-10)12(17)16-14(13(18)19)5-2-6-14/h1,3-4,7H,2,5-6H2,(H,16,17)(H,18,19). The average molecular weight is 293 g/mol. The molecule has 1 fully saturated rings. The number of benzene rings is 1. The molecule has 0 radical (unpaired) electrons. The van der Waals surface area contributed by atoms with Crippen LogP contribution in [0.1, 0.15) is 28.9 Å². The Labute approximate surface area is 118 Å². The van der Waals surface area contributed by atoms with Gasteiger partial charge in [0.15, 0.2) is 0 Å². The van der Waals surface area contributed by atoms with Gasteiger partial charge in [0.2, 0.25) is 0 Å². The number of hydrogen-bond donors (Lipinski definition) is 2. The van der Waals surface area contributed by atoms with E-state index in [1.807, 2.05) is 0 Å². The van der Waals surface area contributed by atoms with Crippen molar-refractivity contribution in [3.63, 3.8) is 0 Å². The number of nitrogens with one attached hydrogen (secondary N) is 1. The van der Waals surface area contributed by atoms with Crippen molar-refractivity contribution in [1.29, 1.82) is 0 Å². The van der Waals surface area contributed by atoms with E-state index in [4.69, 9.17) is 0 Å². The molecule has 104 valence electrons. The van der Waals surface area contributed by atoms with Gasteiger partial charge in [0.25, 0.3) is 5.91 Å². The van der Waals surface area contributed by atoms with Gasteiger partial charge in [-0.05, 0) is 37.5 Å². The summed E-state index contributed by atoms with van der Waals surface area (Å²) in [4.78, 5) is 23.7. The van der Waals surface area contributed by atoms with Gasteiger partial charge in [-0.2, -0.15) is 0 Å². The Bertz CT molecular complexity index is 706. The third-order valence-corrected chi connectivity index (χ3v) is 4.80. The van der Waals surface area contributed by atoms with Crippen molar-refractivity contribution in [2.24, 2.45) is 0 Å². The van der Waals surface area contributed by atoms with Crippen LogP contribution in [0.3, 0.4) is 0 Å². The number of rotatable bonds is 3. The molecule has 1 heterocycles. The number of carboxylic acids is 1. The summed E-state index contributed by atoms with van der Waals surface area (Å²) in [7, 11) is 0. The zero-order valence-corrected chi connectivity index (χ0v) is 11.3. The van der Waals surface area contributed by atoms with Gasteiger partial charge in [-0.1, -0.05) is 6.07 Å². The van der Waals surface area contributed by atoms with Crippen molar-refractivity contribution in [2.45, 2.75) is 24.8 Å². The molecule has 0 spiro atoms. The molecule has 4 nitrogen and oxygen atoms in total. The predicted octanol–water partition coefficient (Wildman–Crippen LogP) is 2.78. The highest BCUT2D eigenvalue weighted by atomic mass is 32.1. The Morgan fingerprint density at radius 1 is 1.35 bits per heavy atom. The van der Waals surface area contributed by atoms with Gasteiger partial charge in [0, 0.05) is 10.1 Å². The number of fused-ring (bicyclic) bond motifs is 1. The van der Waals surface area contributed by atoms with E-state index in [0.717, 1.165) is 17.8 Å². The lowest BCUT2D eigenvalue weighted by atomic mass is 9.77. The molecular formula is C14H12FNO3S. The van der Waals surface area contributed by atoms with Crippen LogP contribution in [0.5, 0.6) is 0 Å². The maximum atomic E-state index is 13.6. The van der Waals surface area contributed by atoms with Gasteiger partial charge in [0.05, 0.1) is 4.88 Å². The number of amides is 1. The summed E-state index contributed by atoms with van der Waals surface area (Å²) in [6, 6.07) is 6.12. The first kappa shape index (κ1) is 13.1. The van der Waals surface area contributed by atoms with E-state index in [1.165, 1.54) is 12.1 Å². The first-order valence-corrected chi connectivity index (χ1v) is 7.07. The number of carbonyl (C=O) groups excluding carboxylic acids is 1. The number of carboxylic acid groups (broad SMARTS) is 1. The van der Waals surface area contributed by atoms with Crippen LogP contribution in [0.2, 0.25) is 0 Å². The molecule has 3 rings (SSSR count). The molecule has 1 amide bonds. The molecule has 2 N–H and O–H groups in total. The summed E-state index contributed by atoms with van der Waals surface area (Å²) in [5, 5.41) is 12.2. The molecular weight excluding hydrogens is 281 g/mol. The molecule has 1 aliphatic carbocycles. The van der Waals surface area contributed by atoms with Gasteiger partial charge in [-0.25, -0.2) is 9.18 Å². The Morgan fingerprint density at radius 3 is 2.65 bits per heavy atom. The smallest absolute Gasteiger partial charge is 0.329 e. The van der Waals surface area contributed by atoms with Crippen molar-refractivity contribution in [2.75, 3.05) is 0 Å². The number of hydrogen-bond acceptors (Lipinski definition) is 3. The van der Waals surface area contributed by atoms with Gasteiger partial charge >= 0.3 is 5.97 Å². The second-order valence-electron chi connectivity index (χ2n) is 4.96. The zero-order valence-electron chi connectivity index (χ0n) is 10.5. The highest BCUT2D eigenvalue weighted by Gasteiger charge is 2.45. The van der Waals surface area contributed by atoms with Gasteiger partial charge in [0.1, 0.15) is 11.4 Å². The summed E-state index contributed by atoms with van der Waals surface area (Å²) >= 11 is 1.16. The summed E-state index contributed by atoms with van der Waals surface area (Å²) < 4.78 is 14.3. The molecule has 6 heteroatoms. The van der Waals surface area contributed by atoms with E-state index in [0.29, 0.717) is 27.8 Å². The van der Waals surface area contributed by atoms with E-state index in [1.54, 1.807) is 12.1 Å². The molecule has 0 aliphatic heterocycles. The van der Waals surface area contributed by atoms with Crippen molar-refractivity contribution in [3.8, 4) is 0 Å². The van der Waals surface area contributed by atoms with Crippen LogP contribution in [0.15, 0.2) is 24.3 Å². The lowest BCUT2D eigenvalue weighted by Gasteiger charge is -2.38. The Hall–Kier alpha value is -1.95. The average Bonchev–Trinajstić information content (AvgIpc) is 2.78. The maximum Gasteiger partial charge on any atom is 0.329 e. The minimum absolute atomic E-state index is 0.331. The lowest BCUT2D eigenvalue weighted by molar-refractivity contribution is -0.148. The summed E-state index contributed by atoms with van der Waals surface area (Å²) in [5.74, 6) is -1.84. The molecule has 0 saturated heterocycles. The van der Waals surface area contributed by atoms with E-state index in [2.05, 4.69) is 5.32 Å². The second kappa shape index (κ2) is 4.56. The Balaban J connectivity index is 1.89. The normalized spacial score (nSPS) is 16.6. The molecule has 2 aromatic rings. The fourth-order valence-electron chi connectivity index (χ4n) is 2.34. The van der Waals surface area contributed by atoms with E-state index >= 15 is 0 Å². The largest absolute Gasteiger partial charge is 0.480 e. The fourth-order valence-corrected chi connectivity index (χ4v) is 3.31. The number of carbonyl (C=O) groups is 2. The molecule has 1 saturated carbocycles. The minimum Gasteiger partial charge on any atom is -0.480 e. The highest BCUT2D eigenvalue weighted by Crippen LogP contribution is 2.33. The summed E-state index contributed by atoms with van der Waals surface area (Å²) in [6.45, 7) is 0. The van der Waals surface area contributed by atoms with E-state index < -0.39 is 17.4 Å². The summed E-state index contributed by atoms with van der Waals surface area (Å²) in [5.41, 5.74) is -1.15. The number of halogens is 1. The fraction of sp³-hybridized carbons (Fsp3) is 0.286. The highest BCUT2D eigenvalue weighted by molar-refractivity contribution is 7.20. The van der Waals surface area contributed by atoms with E-state index in [-0.39, 0.29) is 5.82 Å². The SMILES string of the molecule is O=C(NC1(C(=O)O)CCC1)c1cc2c(F)cccc2s1. The quantitative estimate of drug-likeness (QED) is 0.914. The first-order valence-electron chi connectivity index (χ1n) is 6.26. The minimum atomic E-state index is -1.15. The molecule has 0 bridgehead atoms. The van der Waals surface area contributed by atoms with Crippen LogP contribution < -0.4 is 5.32 Å². The van der Waals surface area contributed by atoms with Crippen LogP contribution in [0, 0.1) is 5.82 Å². The van der Waals surface area contributed by atoms with Crippen LogP contribution in [0.4, 0.5) is 4.39 Å². The van der Waals surface area contributed by atoms with Crippen LogP contribution in [-0.4, -0.2) is 22.5 Å². The molecule has 0 atom stereocenters. The van der Waals surface area contributed by atoms with Crippen LogP contribution in [0.25, 0.3) is 10.1 Å². The topological polar surface area (TPSA) is 66.4 Å². The van der Waals surface area contributed by atoms with Crippen molar-refractivity contribution in [3.05, 3.63) is 35.0 Å². The van der Waals surface area contributed by atoms with Gasteiger partial charge < -0.3 is 10.4 Å².